The standard InChI is InChI=1S/C41H50N10O4/c1-40(2,3)26-54-38(52)28(24-42)35-37(48-33-13-9-7-11-31(33)46-35)51-22-20-49(21-23-51)17-14-41(4,5)27-55-39(53)29(25-43)34-36(50-18-15-44-16-19-50)47-32-12-8-6-10-30(32)45-34/h6-13,28-29,44H,14-23,26-27H2,1-5H3. The molecule has 2 aromatic carbocycles. The third kappa shape index (κ3) is 9.63. The van der Waals surface area contributed by atoms with Gasteiger partial charge in [-0.1, -0.05) is 58.9 Å². The van der Waals surface area contributed by atoms with Gasteiger partial charge in [-0.2, -0.15) is 10.5 Å². The molecular formula is C41H50N10O4. The van der Waals surface area contributed by atoms with Gasteiger partial charge in [-0.3, -0.25) is 14.5 Å². The van der Waals surface area contributed by atoms with E-state index in [0.29, 0.717) is 71.3 Å². The van der Waals surface area contributed by atoms with E-state index in [0.717, 1.165) is 39.1 Å². The zero-order chi connectivity index (χ0) is 39.2. The second-order valence-electron chi connectivity index (χ2n) is 16.2. The maximum absolute atomic E-state index is 13.6. The number of para-hydroxylation sites is 4. The number of aromatic nitrogens is 4. The van der Waals surface area contributed by atoms with E-state index >= 15 is 0 Å². The normalized spacial score (nSPS) is 16.6. The molecule has 4 aromatic rings. The number of benzene rings is 2. The first-order valence-corrected chi connectivity index (χ1v) is 18.9. The molecule has 2 atom stereocenters. The highest BCUT2D eigenvalue weighted by Crippen LogP contribution is 2.32. The predicted molar refractivity (Wildman–Crippen MR) is 209 cm³/mol. The van der Waals surface area contributed by atoms with Gasteiger partial charge in [0.05, 0.1) is 47.4 Å². The number of esters is 2. The Morgan fingerprint density at radius 1 is 0.691 bits per heavy atom. The van der Waals surface area contributed by atoms with Gasteiger partial charge in [-0.15, -0.1) is 0 Å². The highest BCUT2D eigenvalue weighted by atomic mass is 16.5. The molecule has 0 radical (unpaired) electrons. The van der Waals surface area contributed by atoms with Crippen LogP contribution in [-0.2, 0) is 19.1 Å². The van der Waals surface area contributed by atoms with Crippen molar-refractivity contribution in [1.82, 2.24) is 30.2 Å². The summed E-state index contributed by atoms with van der Waals surface area (Å²) < 4.78 is 11.4. The molecular weight excluding hydrogens is 697 g/mol. The van der Waals surface area contributed by atoms with Crippen LogP contribution in [0.15, 0.2) is 48.5 Å². The molecule has 2 aromatic heterocycles. The van der Waals surface area contributed by atoms with Crippen LogP contribution in [0.1, 0.15) is 64.3 Å². The molecule has 2 unspecified atom stereocenters. The van der Waals surface area contributed by atoms with Gasteiger partial charge in [0.15, 0.2) is 23.5 Å². The number of rotatable bonds is 12. The van der Waals surface area contributed by atoms with Crippen molar-refractivity contribution >= 4 is 45.6 Å². The predicted octanol–water partition coefficient (Wildman–Crippen LogP) is 4.57. The molecule has 0 saturated carbocycles. The van der Waals surface area contributed by atoms with E-state index in [1.807, 2.05) is 69.3 Å². The van der Waals surface area contributed by atoms with E-state index < -0.39 is 23.8 Å². The number of anilines is 2. The van der Waals surface area contributed by atoms with E-state index in [2.05, 4.69) is 46.0 Å². The zero-order valence-corrected chi connectivity index (χ0v) is 32.4. The van der Waals surface area contributed by atoms with Crippen LogP contribution in [0.4, 0.5) is 11.6 Å². The minimum atomic E-state index is -1.21. The van der Waals surface area contributed by atoms with Crippen molar-refractivity contribution in [2.45, 2.75) is 52.9 Å². The summed E-state index contributed by atoms with van der Waals surface area (Å²) in [6.07, 6.45) is 0.746. The first-order chi connectivity index (χ1) is 26.4. The molecule has 0 bridgehead atoms. The van der Waals surface area contributed by atoms with Crippen molar-refractivity contribution < 1.29 is 19.1 Å². The average molecular weight is 747 g/mol. The summed E-state index contributed by atoms with van der Waals surface area (Å²) >= 11 is 0. The Morgan fingerprint density at radius 3 is 1.58 bits per heavy atom. The van der Waals surface area contributed by atoms with Crippen LogP contribution in [0.2, 0.25) is 0 Å². The zero-order valence-electron chi connectivity index (χ0n) is 32.4. The number of carbonyl (C=O) groups is 2. The molecule has 0 aliphatic carbocycles. The Bertz CT molecular complexity index is 2090. The topological polar surface area (TPSA) is 173 Å². The van der Waals surface area contributed by atoms with E-state index in [1.54, 1.807) is 0 Å². The Kier molecular flexibility index (Phi) is 12.1. The van der Waals surface area contributed by atoms with Gasteiger partial charge in [-0.25, -0.2) is 19.9 Å². The van der Waals surface area contributed by atoms with Crippen LogP contribution in [-0.4, -0.2) is 109 Å². The number of nitriles is 2. The quantitative estimate of drug-likeness (QED) is 0.200. The summed E-state index contributed by atoms with van der Waals surface area (Å²) in [5.74, 6) is -2.61. The van der Waals surface area contributed by atoms with Gasteiger partial charge < -0.3 is 24.6 Å². The molecule has 2 fully saturated rings. The number of hydrogen-bond donors (Lipinski definition) is 1. The maximum atomic E-state index is 13.6. The van der Waals surface area contributed by atoms with Crippen LogP contribution in [0.25, 0.3) is 22.1 Å². The van der Waals surface area contributed by atoms with Crippen LogP contribution in [0.5, 0.6) is 0 Å². The fourth-order valence-electron chi connectivity index (χ4n) is 6.63. The lowest BCUT2D eigenvalue weighted by atomic mass is 9.90. The Labute approximate surface area is 322 Å². The maximum Gasteiger partial charge on any atom is 0.329 e. The Hall–Kier alpha value is -5.44. The Balaban J connectivity index is 1.08. The lowest BCUT2D eigenvalue weighted by Crippen LogP contribution is -2.48. The smallest absolute Gasteiger partial charge is 0.329 e. The molecule has 4 heterocycles. The minimum Gasteiger partial charge on any atom is -0.464 e. The third-order valence-corrected chi connectivity index (χ3v) is 9.88. The SMILES string of the molecule is CC(C)(C)COC(=O)C(C#N)c1nc2ccccc2nc1N1CCN(CCC(C)(C)COC(=O)C(C#N)c2nc3ccccc3nc2N2CCNCC2)CC1. The van der Waals surface area contributed by atoms with E-state index in [-0.39, 0.29) is 24.0 Å². The van der Waals surface area contributed by atoms with Crippen molar-refractivity contribution in [2.24, 2.45) is 10.8 Å². The van der Waals surface area contributed by atoms with E-state index in [4.69, 9.17) is 29.4 Å². The van der Waals surface area contributed by atoms with Gasteiger partial charge in [0, 0.05) is 57.8 Å². The van der Waals surface area contributed by atoms with Crippen LogP contribution < -0.4 is 15.1 Å². The molecule has 0 amide bonds. The largest absolute Gasteiger partial charge is 0.464 e. The molecule has 0 spiro atoms. The number of hydrogen-bond acceptors (Lipinski definition) is 14. The number of ether oxygens (including phenoxy) is 2. The number of piperazine rings is 2. The van der Waals surface area contributed by atoms with Crippen LogP contribution >= 0.6 is 0 Å². The summed E-state index contributed by atoms with van der Waals surface area (Å²) in [4.78, 5) is 52.5. The summed E-state index contributed by atoms with van der Waals surface area (Å²) in [5.41, 5.74) is 2.64. The molecule has 288 valence electrons. The first kappa shape index (κ1) is 39.3. The number of nitrogens with zero attached hydrogens (tertiary/aromatic N) is 9. The Morgan fingerprint density at radius 2 is 1.13 bits per heavy atom. The second kappa shape index (κ2) is 16.9. The number of carbonyl (C=O) groups excluding carboxylic acids is 2. The fraction of sp³-hybridized carbons (Fsp3) is 0.512. The lowest BCUT2D eigenvalue weighted by molar-refractivity contribution is -0.148. The fourth-order valence-corrected chi connectivity index (χ4v) is 6.63. The average Bonchev–Trinajstić information content (AvgIpc) is 3.19. The highest BCUT2D eigenvalue weighted by molar-refractivity contribution is 5.86. The lowest BCUT2D eigenvalue weighted by Gasteiger charge is -2.37. The number of nitrogens with one attached hydrogen (secondary N) is 1. The first-order valence-electron chi connectivity index (χ1n) is 18.9. The molecule has 14 heteroatoms. The van der Waals surface area contributed by atoms with Crippen molar-refractivity contribution in [3.63, 3.8) is 0 Å². The van der Waals surface area contributed by atoms with Crippen molar-refractivity contribution in [3.05, 3.63) is 59.9 Å². The molecule has 1 N–H and O–H groups in total. The second-order valence-corrected chi connectivity index (χ2v) is 16.2. The molecule has 2 saturated heterocycles. The van der Waals surface area contributed by atoms with Gasteiger partial charge in [0.1, 0.15) is 11.4 Å². The molecule has 55 heavy (non-hydrogen) atoms. The molecule has 6 rings (SSSR count). The van der Waals surface area contributed by atoms with Crippen LogP contribution in [0.3, 0.4) is 0 Å². The molecule has 14 nitrogen and oxygen atoms in total. The third-order valence-electron chi connectivity index (χ3n) is 9.88. The van der Waals surface area contributed by atoms with E-state index in [9.17, 15) is 20.1 Å². The summed E-state index contributed by atoms with van der Waals surface area (Å²) in [5, 5.41) is 23.7. The van der Waals surface area contributed by atoms with E-state index in [1.165, 1.54) is 0 Å². The minimum absolute atomic E-state index is 0.144. The number of fused-ring (bicyclic) bond motifs is 2. The summed E-state index contributed by atoms with van der Waals surface area (Å²) in [6, 6.07) is 19.2. The summed E-state index contributed by atoms with van der Waals surface area (Å²) in [6.45, 7) is 16.7. The van der Waals surface area contributed by atoms with Crippen LogP contribution in [0, 0.1) is 33.5 Å². The molecule has 2 aliphatic rings. The van der Waals surface area contributed by atoms with Crippen molar-refractivity contribution in [1.29, 1.82) is 10.5 Å². The van der Waals surface area contributed by atoms with Crippen molar-refractivity contribution in [2.75, 3.05) is 81.9 Å². The highest BCUT2D eigenvalue weighted by Gasteiger charge is 2.34. The van der Waals surface area contributed by atoms with Crippen molar-refractivity contribution in [3.8, 4) is 12.1 Å². The van der Waals surface area contributed by atoms with Gasteiger partial charge in [0.25, 0.3) is 0 Å². The molecule has 2 aliphatic heterocycles. The monoisotopic (exact) mass is 746 g/mol. The van der Waals surface area contributed by atoms with Gasteiger partial charge in [0.2, 0.25) is 0 Å². The van der Waals surface area contributed by atoms with Gasteiger partial charge >= 0.3 is 11.9 Å². The summed E-state index contributed by atoms with van der Waals surface area (Å²) in [7, 11) is 0. The van der Waals surface area contributed by atoms with Gasteiger partial charge in [-0.05, 0) is 42.6 Å².